The van der Waals surface area contributed by atoms with Gasteiger partial charge in [0.25, 0.3) is 0 Å². The third-order valence-electron chi connectivity index (χ3n) is 5.00. The molecule has 0 spiro atoms. The summed E-state index contributed by atoms with van der Waals surface area (Å²) >= 11 is 0. The van der Waals surface area contributed by atoms with Crippen molar-refractivity contribution in [2.75, 3.05) is 46.4 Å². The molecule has 1 atom stereocenters. The molecule has 0 aliphatic carbocycles. The number of likely N-dealkylation sites (N-methyl/N-ethyl adjacent to an activating group) is 1. The maximum atomic E-state index is 9.58. The number of hydrogen-bond donors (Lipinski definition) is 2. The molecule has 4 nitrogen and oxygen atoms in total. The van der Waals surface area contributed by atoms with Gasteiger partial charge < -0.3 is 15.3 Å². The molecule has 1 fully saturated rings. The number of rotatable bonds is 9. The molecular weight excluding hydrogens is 262 g/mol. The van der Waals surface area contributed by atoms with Crippen molar-refractivity contribution in [3.8, 4) is 0 Å². The SMILES string of the molecule is CCCNC(C)(CO)CCCCN1CCN(C)C(C)(C)C1. The first-order chi connectivity index (χ1) is 9.83. The lowest BCUT2D eigenvalue weighted by Crippen LogP contribution is -2.57. The molecule has 0 aromatic rings. The van der Waals surface area contributed by atoms with Gasteiger partial charge >= 0.3 is 0 Å². The van der Waals surface area contributed by atoms with Crippen molar-refractivity contribution in [2.24, 2.45) is 0 Å². The highest BCUT2D eigenvalue weighted by molar-refractivity contribution is 4.88. The quantitative estimate of drug-likeness (QED) is 0.638. The van der Waals surface area contributed by atoms with E-state index in [1.54, 1.807) is 0 Å². The highest BCUT2D eigenvalue weighted by atomic mass is 16.3. The highest BCUT2D eigenvalue weighted by Crippen LogP contribution is 2.20. The zero-order valence-electron chi connectivity index (χ0n) is 14.9. The maximum absolute atomic E-state index is 9.58. The largest absolute Gasteiger partial charge is 0.394 e. The molecule has 4 heteroatoms. The molecule has 1 rings (SSSR count). The first kappa shape index (κ1) is 18.9. The van der Waals surface area contributed by atoms with Crippen LogP contribution in [-0.2, 0) is 0 Å². The number of hydrogen-bond acceptors (Lipinski definition) is 4. The molecular formula is C17H37N3O. The topological polar surface area (TPSA) is 38.7 Å². The van der Waals surface area contributed by atoms with Crippen LogP contribution in [0.3, 0.4) is 0 Å². The fraction of sp³-hybridized carbons (Fsp3) is 1.00. The van der Waals surface area contributed by atoms with Gasteiger partial charge in [-0.25, -0.2) is 0 Å². The van der Waals surface area contributed by atoms with Gasteiger partial charge in [0, 0.05) is 30.7 Å². The maximum Gasteiger partial charge on any atom is 0.0610 e. The summed E-state index contributed by atoms with van der Waals surface area (Å²) in [5.74, 6) is 0. The molecule has 1 saturated heterocycles. The van der Waals surface area contributed by atoms with E-state index >= 15 is 0 Å². The Bertz CT molecular complexity index is 296. The number of aliphatic hydroxyl groups excluding tert-OH is 1. The first-order valence-electron chi connectivity index (χ1n) is 8.62. The first-order valence-corrected chi connectivity index (χ1v) is 8.62. The van der Waals surface area contributed by atoms with Crippen LogP contribution in [-0.4, -0.2) is 72.4 Å². The van der Waals surface area contributed by atoms with Crippen LogP contribution in [0, 0.1) is 0 Å². The van der Waals surface area contributed by atoms with Crippen molar-refractivity contribution in [1.82, 2.24) is 15.1 Å². The van der Waals surface area contributed by atoms with E-state index in [0.29, 0.717) is 5.54 Å². The minimum absolute atomic E-state index is 0.0998. The van der Waals surface area contributed by atoms with Gasteiger partial charge in [0.2, 0.25) is 0 Å². The second-order valence-corrected chi connectivity index (χ2v) is 7.61. The van der Waals surface area contributed by atoms with Crippen molar-refractivity contribution < 1.29 is 5.11 Å². The van der Waals surface area contributed by atoms with E-state index in [2.05, 4.69) is 49.9 Å². The number of nitrogens with one attached hydrogen (secondary N) is 1. The minimum Gasteiger partial charge on any atom is -0.394 e. The summed E-state index contributed by atoms with van der Waals surface area (Å²) in [6.45, 7) is 14.9. The van der Waals surface area contributed by atoms with Crippen molar-refractivity contribution in [3.63, 3.8) is 0 Å². The highest BCUT2D eigenvalue weighted by Gasteiger charge is 2.30. The second kappa shape index (κ2) is 8.47. The molecule has 1 heterocycles. The van der Waals surface area contributed by atoms with Crippen LogP contribution in [0.4, 0.5) is 0 Å². The van der Waals surface area contributed by atoms with Gasteiger partial charge in [-0.05, 0) is 60.2 Å². The molecule has 126 valence electrons. The van der Waals surface area contributed by atoms with Gasteiger partial charge in [-0.3, -0.25) is 4.90 Å². The van der Waals surface area contributed by atoms with Gasteiger partial charge in [-0.1, -0.05) is 13.3 Å². The van der Waals surface area contributed by atoms with Crippen LogP contribution in [0.1, 0.15) is 53.4 Å². The molecule has 0 amide bonds. The Balaban J connectivity index is 2.24. The molecule has 0 radical (unpaired) electrons. The number of nitrogens with zero attached hydrogens (tertiary/aromatic N) is 2. The molecule has 2 N–H and O–H groups in total. The Morgan fingerprint density at radius 3 is 2.52 bits per heavy atom. The number of aliphatic hydroxyl groups is 1. The van der Waals surface area contributed by atoms with Gasteiger partial charge in [-0.15, -0.1) is 0 Å². The normalized spacial score (nSPS) is 23.1. The zero-order valence-corrected chi connectivity index (χ0v) is 14.9. The number of unbranched alkanes of at least 4 members (excludes halogenated alkanes) is 1. The molecule has 0 aromatic heterocycles. The monoisotopic (exact) mass is 299 g/mol. The van der Waals surface area contributed by atoms with E-state index < -0.39 is 0 Å². The molecule has 0 aromatic carbocycles. The van der Waals surface area contributed by atoms with Gasteiger partial charge in [0.05, 0.1) is 6.61 Å². The van der Waals surface area contributed by atoms with Crippen molar-refractivity contribution in [1.29, 1.82) is 0 Å². The molecule has 1 unspecified atom stereocenters. The van der Waals surface area contributed by atoms with Crippen molar-refractivity contribution in [2.45, 2.75) is 64.5 Å². The summed E-state index contributed by atoms with van der Waals surface area (Å²) in [6.07, 6.45) is 4.58. The van der Waals surface area contributed by atoms with Crippen LogP contribution < -0.4 is 5.32 Å². The average molecular weight is 300 g/mol. The van der Waals surface area contributed by atoms with E-state index in [4.69, 9.17) is 0 Å². The van der Waals surface area contributed by atoms with E-state index in [0.717, 1.165) is 25.9 Å². The third-order valence-corrected chi connectivity index (χ3v) is 5.00. The fourth-order valence-electron chi connectivity index (χ4n) is 3.03. The summed E-state index contributed by atoms with van der Waals surface area (Å²) in [5.41, 5.74) is 0.192. The minimum atomic E-state index is -0.0998. The van der Waals surface area contributed by atoms with Crippen molar-refractivity contribution >= 4 is 0 Å². The van der Waals surface area contributed by atoms with Gasteiger partial charge in [0.1, 0.15) is 0 Å². The predicted molar refractivity (Wildman–Crippen MR) is 90.8 cm³/mol. The lowest BCUT2D eigenvalue weighted by atomic mass is 9.95. The van der Waals surface area contributed by atoms with Crippen molar-refractivity contribution in [3.05, 3.63) is 0 Å². The average Bonchev–Trinajstić information content (AvgIpc) is 2.45. The molecule has 21 heavy (non-hydrogen) atoms. The molecule has 1 aliphatic rings. The third kappa shape index (κ3) is 6.23. The number of piperazine rings is 1. The molecule has 0 bridgehead atoms. The van der Waals surface area contributed by atoms with Gasteiger partial charge in [0.15, 0.2) is 0 Å². The van der Waals surface area contributed by atoms with Crippen LogP contribution in [0.5, 0.6) is 0 Å². The predicted octanol–water partition coefficient (Wildman–Crippen LogP) is 1.93. The Labute approximate surface area is 131 Å². The lowest BCUT2D eigenvalue weighted by Gasteiger charge is -2.45. The summed E-state index contributed by atoms with van der Waals surface area (Å²) in [5, 5.41) is 13.1. The Morgan fingerprint density at radius 1 is 1.24 bits per heavy atom. The molecule has 0 saturated carbocycles. The lowest BCUT2D eigenvalue weighted by molar-refractivity contribution is 0.0387. The van der Waals surface area contributed by atoms with E-state index in [1.165, 1.54) is 32.5 Å². The Hall–Kier alpha value is -0.160. The van der Waals surface area contributed by atoms with Crippen LogP contribution in [0.15, 0.2) is 0 Å². The standard InChI is InChI=1S/C17H37N3O/c1-6-10-18-17(4,15-21)9-7-8-11-20-13-12-19(5)16(2,3)14-20/h18,21H,6-15H2,1-5H3. The summed E-state index contributed by atoms with van der Waals surface area (Å²) < 4.78 is 0. The van der Waals surface area contributed by atoms with Gasteiger partial charge in [-0.2, -0.15) is 0 Å². The van der Waals surface area contributed by atoms with Crippen LogP contribution >= 0.6 is 0 Å². The zero-order chi connectivity index (χ0) is 15.9. The van der Waals surface area contributed by atoms with Crippen LogP contribution in [0.2, 0.25) is 0 Å². The summed E-state index contributed by atoms with van der Waals surface area (Å²) in [7, 11) is 2.23. The smallest absolute Gasteiger partial charge is 0.0610 e. The molecule has 1 aliphatic heterocycles. The van der Waals surface area contributed by atoms with E-state index in [-0.39, 0.29) is 12.1 Å². The summed E-state index contributed by atoms with van der Waals surface area (Å²) in [6, 6.07) is 0. The fourth-order valence-corrected chi connectivity index (χ4v) is 3.03. The van der Waals surface area contributed by atoms with E-state index in [9.17, 15) is 5.11 Å². The second-order valence-electron chi connectivity index (χ2n) is 7.61. The van der Waals surface area contributed by atoms with E-state index in [1.807, 2.05) is 0 Å². The Morgan fingerprint density at radius 2 is 1.95 bits per heavy atom. The summed E-state index contributed by atoms with van der Waals surface area (Å²) in [4.78, 5) is 5.05. The Kier molecular flexibility index (Phi) is 7.62. The van der Waals surface area contributed by atoms with Crippen LogP contribution in [0.25, 0.3) is 0 Å².